The van der Waals surface area contributed by atoms with Crippen molar-refractivity contribution in [1.29, 1.82) is 0 Å². The molecule has 1 fully saturated rings. The SMILES string of the molecule is FC1CNCC(F)O1. The first-order valence-electron chi connectivity index (χ1n) is 2.43. The number of alkyl halides is 2. The molecule has 0 aromatic heterocycles. The highest BCUT2D eigenvalue weighted by molar-refractivity contribution is 4.59. The molecule has 0 amide bonds. The maximum Gasteiger partial charge on any atom is 0.214 e. The van der Waals surface area contributed by atoms with Gasteiger partial charge >= 0.3 is 0 Å². The van der Waals surface area contributed by atoms with Crippen LogP contribution in [-0.4, -0.2) is 25.8 Å². The molecule has 0 aliphatic carbocycles. The van der Waals surface area contributed by atoms with E-state index in [1.165, 1.54) is 0 Å². The maximum absolute atomic E-state index is 11.9. The quantitative estimate of drug-likeness (QED) is 0.496. The molecule has 0 bridgehead atoms. The summed E-state index contributed by atoms with van der Waals surface area (Å²) in [5.41, 5.74) is 0. The van der Waals surface area contributed by atoms with Crippen LogP contribution in [0.3, 0.4) is 0 Å². The van der Waals surface area contributed by atoms with E-state index >= 15 is 0 Å². The molecule has 1 aliphatic heterocycles. The number of hydrogen-bond acceptors (Lipinski definition) is 2. The Bertz CT molecular complexity index is 72.4. The summed E-state index contributed by atoms with van der Waals surface area (Å²) in [4.78, 5) is 0. The van der Waals surface area contributed by atoms with Crippen LogP contribution in [0.15, 0.2) is 0 Å². The molecule has 2 nitrogen and oxygen atoms in total. The Morgan fingerprint density at radius 3 is 2.00 bits per heavy atom. The molecule has 1 saturated heterocycles. The van der Waals surface area contributed by atoms with Crippen LogP contribution in [-0.2, 0) is 4.74 Å². The van der Waals surface area contributed by atoms with Crippen LogP contribution in [0.5, 0.6) is 0 Å². The first-order chi connectivity index (χ1) is 3.79. The Balaban J connectivity index is 2.23. The molecule has 2 unspecified atom stereocenters. The van der Waals surface area contributed by atoms with Gasteiger partial charge in [-0.2, -0.15) is 0 Å². The van der Waals surface area contributed by atoms with Gasteiger partial charge in [0.05, 0.1) is 13.1 Å². The molecule has 48 valence electrons. The van der Waals surface area contributed by atoms with Crippen LogP contribution < -0.4 is 5.32 Å². The van der Waals surface area contributed by atoms with Crippen LogP contribution in [0.1, 0.15) is 0 Å². The van der Waals surface area contributed by atoms with Gasteiger partial charge < -0.3 is 10.1 Å². The second-order valence-electron chi connectivity index (χ2n) is 1.61. The van der Waals surface area contributed by atoms with E-state index in [-0.39, 0.29) is 13.1 Å². The second-order valence-corrected chi connectivity index (χ2v) is 1.61. The normalized spacial score (nSPS) is 39.8. The van der Waals surface area contributed by atoms with E-state index in [1.807, 2.05) is 0 Å². The van der Waals surface area contributed by atoms with Gasteiger partial charge in [-0.05, 0) is 0 Å². The molecule has 1 heterocycles. The lowest BCUT2D eigenvalue weighted by Crippen LogP contribution is -2.40. The molecular weight excluding hydrogens is 116 g/mol. The first kappa shape index (κ1) is 5.91. The summed E-state index contributed by atoms with van der Waals surface area (Å²) in [6.45, 7) is 0.195. The van der Waals surface area contributed by atoms with Gasteiger partial charge in [0.1, 0.15) is 0 Å². The monoisotopic (exact) mass is 123 g/mol. The molecule has 1 rings (SSSR count). The van der Waals surface area contributed by atoms with Gasteiger partial charge in [-0.3, -0.25) is 0 Å². The smallest absolute Gasteiger partial charge is 0.214 e. The van der Waals surface area contributed by atoms with E-state index in [4.69, 9.17) is 0 Å². The van der Waals surface area contributed by atoms with Gasteiger partial charge in [0, 0.05) is 0 Å². The second kappa shape index (κ2) is 2.37. The standard InChI is InChI=1S/C4H7F2NO/c5-3-1-7-2-4(6)8-3/h3-4,7H,1-2H2. The van der Waals surface area contributed by atoms with Crippen molar-refractivity contribution in [3.63, 3.8) is 0 Å². The Kier molecular flexibility index (Phi) is 1.75. The molecule has 0 radical (unpaired) electrons. The fraction of sp³-hybridized carbons (Fsp3) is 1.00. The predicted molar refractivity (Wildman–Crippen MR) is 23.7 cm³/mol. The van der Waals surface area contributed by atoms with Crippen molar-refractivity contribution in [3.05, 3.63) is 0 Å². The predicted octanol–water partition coefficient (Wildman–Crippen LogP) is 0.197. The number of morpholine rings is 1. The summed E-state index contributed by atoms with van der Waals surface area (Å²) in [5.74, 6) is 0. The van der Waals surface area contributed by atoms with Crippen LogP contribution in [0, 0.1) is 0 Å². The van der Waals surface area contributed by atoms with Gasteiger partial charge in [0.15, 0.2) is 0 Å². The summed E-state index contributed by atoms with van der Waals surface area (Å²) in [7, 11) is 0. The highest BCUT2D eigenvalue weighted by Crippen LogP contribution is 2.04. The van der Waals surface area contributed by atoms with Gasteiger partial charge in [-0.1, -0.05) is 0 Å². The number of halogens is 2. The minimum Gasteiger partial charge on any atom is -0.311 e. The molecule has 0 aromatic carbocycles. The largest absolute Gasteiger partial charge is 0.311 e. The van der Waals surface area contributed by atoms with Crippen molar-refractivity contribution in [2.45, 2.75) is 12.7 Å². The van der Waals surface area contributed by atoms with Crippen molar-refractivity contribution in [3.8, 4) is 0 Å². The lowest BCUT2D eigenvalue weighted by Gasteiger charge is -2.19. The summed E-state index contributed by atoms with van der Waals surface area (Å²) in [6.07, 6.45) is -2.95. The average Bonchev–Trinajstić information content (AvgIpc) is 1.64. The third kappa shape index (κ3) is 1.38. The highest BCUT2D eigenvalue weighted by atomic mass is 19.2. The molecule has 0 aromatic rings. The Morgan fingerprint density at radius 2 is 1.75 bits per heavy atom. The molecule has 2 atom stereocenters. The maximum atomic E-state index is 11.9. The van der Waals surface area contributed by atoms with E-state index < -0.39 is 12.7 Å². The lowest BCUT2D eigenvalue weighted by molar-refractivity contribution is -0.156. The zero-order valence-corrected chi connectivity index (χ0v) is 4.23. The molecule has 0 saturated carbocycles. The van der Waals surface area contributed by atoms with Crippen LogP contribution in [0.25, 0.3) is 0 Å². The van der Waals surface area contributed by atoms with Crippen LogP contribution in [0.2, 0.25) is 0 Å². The Labute approximate surface area is 45.8 Å². The van der Waals surface area contributed by atoms with Gasteiger partial charge in [-0.25, -0.2) is 8.78 Å². The van der Waals surface area contributed by atoms with Gasteiger partial charge in [0.2, 0.25) is 12.7 Å². The minimum absolute atomic E-state index is 0.0976. The summed E-state index contributed by atoms with van der Waals surface area (Å²) >= 11 is 0. The van der Waals surface area contributed by atoms with Crippen molar-refractivity contribution in [2.24, 2.45) is 0 Å². The van der Waals surface area contributed by atoms with Crippen LogP contribution >= 0.6 is 0 Å². The van der Waals surface area contributed by atoms with Crippen molar-refractivity contribution < 1.29 is 13.5 Å². The Hall–Kier alpha value is -0.220. The van der Waals surface area contributed by atoms with E-state index in [1.54, 1.807) is 0 Å². The molecule has 1 N–H and O–H groups in total. The first-order valence-corrected chi connectivity index (χ1v) is 2.43. The van der Waals surface area contributed by atoms with Gasteiger partial charge in [-0.15, -0.1) is 0 Å². The molecule has 1 aliphatic rings. The van der Waals surface area contributed by atoms with E-state index in [9.17, 15) is 8.78 Å². The zero-order chi connectivity index (χ0) is 5.98. The zero-order valence-electron chi connectivity index (χ0n) is 4.23. The number of ether oxygens (including phenoxy) is 1. The van der Waals surface area contributed by atoms with Crippen molar-refractivity contribution >= 4 is 0 Å². The molecular formula is C4H7F2NO. The molecule has 0 spiro atoms. The topological polar surface area (TPSA) is 21.3 Å². The third-order valence-electron chi connectivity index (χ3n) is 0.905. The van der Waals surface area contributed by atoms with E-state index in [2.05, 4.69) is 10.1 Å². The third-order valence-corrected chi connectivity index (χ3v) is 0.905. The summed E-state index contributed by atoms with van der Waals surface area (Å²) in [5, 5.41) is 2.51. The average molecular weight is 123 g/mol. The fourth-order valence-electron chi connectivity index (χ4n) is 0.567. The number of rotatable bonds is 0. The summed E-state index contributed by atoms with van der Waals surface area (Å²) in [6, 6.07) is 0. The molecule has 4 heteroatoms. The molecule has 8 heavy (non-hydrogen) atoms. The fourth-order valence-corrected chi connectivity index (χ4v) is 0.567. The minimum atomic E-state index is -1.47. The highest BCUT2D eigenvalue weighted by Gasteiger charge is 2.19. The Morgan fingerprint density at radius 1 is 1.25 bits per heavy atom. The van der Waals surface area contributed by atoms with E-state index in [0.29, 0.717) is 0 Å². The summed E-state index contributed by atoms with van der Waals surface area (Å²) < 4.78 is 27.9. The number of nitrogens with one attached hydrogen (secondary N) is 1. The van der Waals surface area contributed by atoms with E-state index in [0.717, 1.165) is 0 Å². The van der Waals surface area contributed by atoms with Crippen molar-refractivity contribution in [1.82, 2.24) is 5.32 Å². The number of hydrogen-bond donors (Lipinski definition) is 1. The lowest BCUT2D eigenvalue weighted by atomic mass is 10.5. The van der Waals surface area contributed by atoms with Gasteiger partial charge in [0.25, 0.3) is 0 Å². The van der Waals surface area contributed by atoms with Crippen LogP contribution in [0.4, 0.5) is 8.78 Å². The van der Waals surface area contributed by atoms with Crippen molar-refractivity contribution in [2.75, 3.05) is 13.1 Å².